The molecule has 3 aromatic rings. The van der Waals surface area contributed by atoms with Gasteiger partial charge in [0.25, 0.3) is 0 Å². The first kappa shape index (κ1) is 27.0. The van der Waals surface area contributed by atoms with E-state index in [1.54, 1.807) is 37.3 Å². The summed E-state index contributed by atoms with van der Waals surface area (Å²) in [5, 5.41) is 5.44. The summed E-state index contributed by atoms with van der Waals surface area (Å²) >= 11 is 0. The first-order valence-corrected chi connectivity index (χ1v) is 14.5. The largest absolute Gasteiger partial charge is 0.377 e. The molecule has 9 nitrogen and oxygen atoms in total. The number of halogens is 1. The van der Waals surface area contributed by atoms with Gasteiger partial charge in [0, 0.05) is 30.4 Å². The van der Waals surface area contributed by atoms with E-state index in [4.69, 9.17) is 14.7 Å². The SMILES string of the molecule is CCNC(=O)Nc1ccc(-c2nc(N3CCOC[C@@H]3C)cc(C3(S(=O)(=O)c4cc(F)ccc4C)CC3)n2)cc1. The van der Waals surface area contributed by atoms with Gasteiger partial charge in [-0.05, 0) is 75.6 Å². The number of amides is 2. The molecular formula is C28H32FN5O4S. The van der Waals surface area contributed by atoms with Crippen molar-refractivity contribution in [3.05, 3.63) is 65.6 Å². The van der Waals surface area contributed by atoms with E-state index in [0.717, 1.165) is 6.07 Å². The first-order valence-electron chi connectivity index (χ1n) is 13.0. The number of aromatic nitrogens is 2. The van der Waals surface area contributed by atoms with Crippen LogP contribution in [0.25, 0.3) is 11.4 Å². The van der Waals surface area contributed by atoms with Gasteiger partial charge < -0.3 is 20.3 Å². The number of urea groups is 1. The van der Waals surface area contributed by atoms with Crippen molar-refractivity contribution in [1.82, 2.24) is 15.3 Å². The Kier molecular flexibility index (Phi) is 7.30. The molecule has 2 fully saturated rings. The van der Waals surface area contributed by atoms with Crippen LogP contribution in [0.2, 0.25) is 0 Å². The summed E-state index contributed by atoms with van der Waals surface area (Å²) in [4.78, 5) is 23.6. The molecule has 2 amide bonds. The molecule has 1 aromatic heterocycles. The highest BCUT2D eigenvalue weighted by Gasteiger charge is 2.58. The molecule has 1 saturated carbocycles. The van der Waals surface area contributed by atoms with Crippen LogP contribution in [0.3, 0.4) is 0 Å². The third-order valence-corrected chi connectivity index (χ3v) is 9.90. The van der Waals surface area contributed by atoms with Crippen LogP contribution >= 0.6 is 0 Å². The van der Waals surface area contributed by atoms with Gasteiger partial charge in [-0.15, -0.1) is 0 Å². The van der Waals surface area contributed by atoms with Gasteiger partial charge in [0.05, 0.1) is 29.8 Å². The quantitative estimate of drug-likeness (QED) is 0.445. The molecule has 2 heterocycles. The number of sulfone groups is 1. The van der Waals surface area contributed by atoms with Gasteiger partial charge in [-0.1, -0.05) is 6.07 Å². The zero-order chi connectivity index (χ0) is 27.8. The van der Waals surface area contributed by atoms with Crippen molar-refractivity contribution in [2.45, 2.75) is 49.3 Å². The number of hydrogen-bond acceptors (Lipinski definition) is 7. The standard InChI is InChI=1S/C28H32FN5O4S/c1-4-30-27(35)31-22-9-6-20(7-10-22)26-32-24(16-25(33-26)34-13-14-38-17-19(34)3)28(11-12-28)39(36,37)23-15-21(29)8-5-18(23)2/h5-10,15-16,19H,4,11-14,17H2,1-3H3,(H2,30,31,35)/t19-/m0/s1. The fourth-order valence-electron chi connectivity index (χ4n) is 4.90. The molecule has 5 rings (SSSR count). The van der Waals surface area contributed by atoms with Crippen LogP contribution in [0.1, 0.15) is 37.9 Å². The van der Waals surface area contributed by atoms with Crippen molar-refractivity contribution in [3.8, 4) is 11.4 Å². The van der Waals surface area contributed by atoms with E-state index >= 15 is 0 Å². The van der Waals surface area contributed by atoms with E-state index in [9.17, 15) is 17.6 Å². The van der Waals surface area contributed by atoms with Crippen LogP contribution in [-0.2, 0) is 19.3 Å². The Balaban J connectivity index is 1.58. The van der Waals surface area contributed by atoms with Crippen LogP contribution in [0.4, 0.5) is 20.7 Å². The molecule has 1 atom stereocenters. The molecule has 1 aliphatic heterocycles. The summed E-state index contributed by atoms with van der Waals surface area (Å²) in [5.41, 5.74) is 2.17. The topological polar surface area (TPSA) is 114 Å². The normalized spacial score (nSPS) is 18.5. The van der Waals surface area contributed by atoms with Crippen molar-refractivity contribution in [3.63, 3.8) is 0 Å². The second kappa shape index (κ2) is 10.5. The molecule has 0 spiro atoms. The Hall–Kier alpha value is -3.57. The van der Waals surface area contributed by atoms with Crippen LogP contribution < -0.4 is 15.5 Å². The van der Waals surface area contributed by atoms with Crippen molar-refractivity contribution < 1.29 is 22.3 Å². The van der Waals surface area contributed by atoms with E-state index in [1.165, 1.54) is 12.1 Å². The number of hydrogen-bond donors (Lipinski definition) is 2. The third kappa shape index (κ3) is 5.20. The zero-order valence-electron chi connectivity index (χ0n) is 22.2. The van der Waals surface area contributed by atoms with Crippen molar-refractivity contribution in [2.24, 2.45) is 0 Å². The minimum absolute atomic E-state index is 0.0118. The minimum Gasteiger partial charge on any atom is -0.377 e. The number of morpholine rings is 1. The molecule has 0 unspecified atom stereocenters. The highest BCUT2D eigenvalue weighted by atomic mass is 32.2. The smallest absolute Gasteiger partial charge is 0.319 e. The summed E-state index contributed by atoms with van der Waals surface area (Å²) in [6.07, 6.45) is 0.768. The summed E-state index contributed by atoms with van der Waals surface area (Å²) in [5.74, 6) is 0.401. The lowest BCUT2D eigenvalue weighted by Crippen LogP contribution is -2.44. The highest BCUT2D eigenvalue weighted by molar-refractivity contribution is 7.92. The van der Waals surface area contributed by atoms with Crippen LogP contribution in [-0.4, -0.2) is 56.8 Å². The van der Waals surface area contributed by atoms with Gasteiger partial charge >= 0.3 is 6.03 Å². The van der Waals surface area contributed by atoms with Crippen LogP contribution in [0, 0.1) is 12.7 Å². The number of anilines is 2. The molecule has 1 aliphatic carbocycles. The molecule has 0 radical (unpaired) electrons. The molecule has 2 aromatic carbocycles. The van der Waals surface area contributed by atoms with Crippen molar-refractivity contribution in [1.29, 1.82) is 0 Å². The highest BCUT2D eigenvalue weighted by Crippen LogP contribution is 2.55. The molecule has 11 heteroatoms. The number of carbonyl (C=O) groups is 1. The lowest BCUT2D eigenvalue weighted by Gasteiger charge is -2.34. The Bertz CT molecular complexity index is 1490. The Morgan fingerprint density at radius 2 is 1.90 bits per heavy atom. The van der Waals surface area contributed by atoms with Gasteiger partial charge in [-0.3, -0.25) is 0 Å². The van der Waals surface area contributed by atoms with Gasteiger partial charge in [0.2, 0.25) is 0 Å². The predicted octanol–water partition coefficient (Wildman–Crippen LogP) is 4.42. The summed E-state index contributed by atoms with van der Waals surface area (Å²) < 4.78 is 46.5. The zero-order valence-corrected chi connectivity index (χ0v) is 23.0. The predicted molar refractivity (Wildman–Crippen MR) is 147 cm³/mol. The van der Waals surface area contributed by atoms with Crippen LogP contribution in [0.5, 0.6) is 0 Å². The number of aryl methyl sites for hydroxylation is 1. The van der Waals surface area contributed by atoms with E-state index in [0.29, 0.717) is 73.3 Å². The second-order valence-electron chi connectivity index (χ2n) is 10.0. The number of nitrogens with one attached hydrogen (secondary N) is 2. The van der Waals surface area contributed by atoms with Crippen LogP contribution in [0.15, 0.2) is 53.4 Å². The van der Waals surface area contributed by atoms with Gasteiger partial charge in [-0.25, -0.2) is 27.6 Å². The number of benzene rings is 2. The Morgan fingerprint density at radius 1 is 1.15 bits per heavy atom. The van der Waals surface area contributed by atoms with E-state index in [1.807, 2.05) is 13.8 Å². The number of rotatable bonds is 7. The molecule has 2 N–H and O–H groups in total. The fourth-order valence-corrected chi connectivity index (χ4v) is 7.10. The Morgan fingerprint density at radius 3 is 2.56 bits per heavy atom. The monoisotopic (exact) mass is 553 g/mol. The number of ether oxygens (including phenoxy) is 1. The van der Waals surface area contributed by atoms with Gasteiger partial charge in [0.15, 0.2) is 15.7 Å². The molecule has 2 aliphatic rings. The third-order valence-electron chi connectivity index (χ3n) is 7.24. The maximum atomic E-state index is 14.1. The second-order valence-corrected chi connectivity index (χ2v) is 12.2. The average molecular weight is 554 g/mol. The number of carbonyl (C=O) groups excluding carboxylic acids is 1. The van der Waals surface area contributed by atoms with Crippen molar-refractivity contribution >= 4 is 27.4 Å². The fraction of sp³-hybridized carbons (Fsp3) is 0.393. The van der Waals surface area contributed by atoms with Crippen molar-refractivity contribution in [2.75, 3.05) is 36.5 Å². The summed E-state index contributed by atoms with van der Waals surface area (Å²) in [7, 11) is -3.95. The average Bonchev–Trinajstić information content (AvgIpc) is 3.74. The lowest BCUT2D eigenvalue weighted by molar-refractivity contribution is 0.0985. The molecular weight excluding hydrogens is 521 g/mol. The summed E-state index contributed by atoms with van der Waals surface area (Å²) in [6.45, 7) is 7.71. The molecule has 39 heavy (non-hydrogen) atoms. The van der Waals surface area contributed by atoms with Gasteiger partial charge in [0.1, 0.15) is 16.4 Å². The first-order chi connectivity index (χ1) is 18.6. The summed E-state index contributed by atoms with van der Waals surface area (Å²) in [6, 6.07) is 12.4. The molecule has 0 bridgehead atoms. The van der Waals surface area contributed by atoms with E-state index < -0.39 is 20.4 Å². The maximum Gasteiger partial charge on any atom is 0.319 e. The minimum atomic E-state index is -3.95. The number of nitrogens with zero attached hydrogens (tertiary/aromatic N) is 3. The maximum absolute atomic E-state index is 14.1. The molecule has 206 valence electrons. The molecule has 1 saturated heterocycles. The lowest BCUT2D eigenvalue weighted by atomic mass is 10.1. The van der Waals surface area contributed by atoms with Gasteiger partial charge in [-0.2, -0.15) is 0 Å². The van der Waals surface area contributed by atoms with E-state index in [-0.39, 0.29) is 17.0 Å². The van der Waals surface area contributed by atoms with E-state index in [2.05, 4.69) is 15.5 Å². The Labute approximate surface area is 227 Å².